The van der Waals surface area contributed by atoms with E-state index in [0.717, 1.165) is 4.57 Å². The first-order valence-corrected chi connectivity index (χ1v) is 8.96. The van der Waals surface area contributed by atoms with E-state index in [1.165, 1.54) is 17.2 Å². The first-order chi connectivity index (χ1) is 13.0. The maximum absolute atomic E-state index is 12.5. The summed E-state index contributed by atoms with van der Waals surface area (Å²) in [7, 11) is 3.08. The van der Waals surface area contributed by atoms with E-state index in [2.05, 4.69) is 28.9 Å². The minimum Gasteiger partial charge on any atom is -0.395 e. The van der Waals surface area contributed by atoms with E-state index in [0.29, 0.717) is 30.8 Å². The number of fused-ring (bicyclic) bond motifs is 1. The van der Waals surface area contributed by atoms with Gasteiger partial charge in [0.1, 0.15) is 0 Å². The van der Waals surface area contributed by atoms with Gasteiger partial charge in [-0.25, -0.2) is 9.78 Å². The van der Waals surface area contributed by atoms with Crippen LogP contribution in [-0.4, -0.2) is 48.4 Å². The van der Waals surface area contributed by atoms with Crippen LogP contribution < -0.4 is 11.2 Å². The van der Waals surface area contributed by atoms with Gasteiger partial charge in [-0.3, -0.25) is 18.8 Å². The number of aliphatic hydroxyl groups excluding tert-OH is 1. The Kier molecular flexibility index (Phi) is 5.57. The van der Waals surface area contributed by atoms with Crippen molar-refractivity contribution >= 4 is 11.2 Å². The van der Waals surface area contributed by atoms with Crippen LogP contribution >= 0.6 is 0 Å². The summed E-state index contributed by atoms with van der Waals surface area (Å²) in [5, 5.41) is 9.46. The fraction of sp³-hybridized carbons (Fsp3) is 0.421. The Bertz CT molecular complexity index is 1040. The summed E-state index contributed by atoms with van der Waals surface area (Å²) in [6, 6.07) is 10.2. The summed E-state index contributed by atoms with van der Waals surface area (Å²) in [5.74, 6) is 0. The second kappa shape index (κ2) is 7.89. The van der Waals surface area contributed by atoms with E-state index in [1.54, 1.807) is 17.9 Å². The number of imidazole rings is 1. The van der Waals surface area contributed by atoms with Gasteiger partial charge in [0.2, 0.25) is 0 Å². The van der Waals surface area contributed by atoms with Crippen LogP contribution in [0.3, 0.4) is 0 Å². The molecular weight excluding hydrogens is 346 g/mol. The lowest BCUT2D eigenvalue weighted by molar-refractivity contribution is 0.154. The Morgan fingerprint density at radius 1 is 1.11 bits per heavy atom. The van der Waals surface area contributed by atoms with Crippen molar-refractivity contribution in [2.45, 2.75) is 19.5 Å². The molecule has 0 aliphatic carbocycles. The molecule has 0 bridgehead atoms. The number of rotatable bonds is 7. The third kappa shape index (κ3) is 3.58. The molecule has 8 heteroatoms. The lowest BCUT2D eigenvalue weighted by atomic mass is 10.1. The molecule has 144 valence electrons. The van der Waals surface area contributed by atoms with Crippen molar-refractivity contribution in [1.82, 2.24) is 23.6 Å². The summed E-state index contributed by atoms with van der Waals surface area (Å²) in [6.45, 7) is 3.84. The van der Waals surface area contributed by atoms with E-state index in [4.69, 9.17) is 0 Å². The average Bonchev–Trinajstić information content (AvgIpc) is 3.12. The Labute approximate surface area is 156 Å². The molecule has 0 aliphatic heterocycles. The standard InChI is InChI=1S/C19H25N5O3/c1-14(15-7-5-4-6-8-15)23(11-12-25)9-10-24-13-20-17-16(24)18(26)22(3)19(27)21(17)2/h4-8,13-14,25H,9-12H2,1-3H3. The predicted molar refractivity (Wildman–Crippen MR) is 104 cm³/mol. The summed E-state index contributed by atoms with van der Waals surface area (Å²) in [6.07, 6.45) is 1.59. The Balaban J connectivity index is 1.88. The van der Waals surface area contributed by atoms with E-state index >= 15 is 0 Å². The number of nitrogens with zero attached hydrogens (tertiary/aromatic N) is 5. The molecule has 0 radical (unpaired) electrons. The predicted octanol–water partition coefficient (Wildman–Crippen LogP) is 0.489. The molecule has 8 nitrogen and oxygen atoms in total. The quantitative estimate of drug-likeness (QED) is 0.653. The van der Waals surface area contributed by atoms with E-state index < -0.39 is 5.69 Å². The molecule has 3 rings (SSSR count). The van der Waals surface area contributed by atoms with Crippen LogP contribution in [0, 0.1) is 0 Å². The highest BCUT2D eigenvalue weighted by Crippen LogP contribution is 2.19. The van der Waals surface area contributed by atoms with Crippen molar-refractivity contribution in [3.63, 3.8) is 0 Å². The second-order valence-electron chi connectivity index (χ2n) is 6.66. The number of hydrogen-bond acceptors (Lipinski definition) is 5. The highest BCUT2D eigenvalue weighted by molar-refractivity contribution is 5.69. The molecule has 27 heavy (non-hydrogen) atoms. The molecule has 0 amide bonds. The van der Waals surface area contributed by atoms with E-state index in [1.807, 2.05) is 18.2 Å². The molecule has 2 heterocycles. The lowest BCUT2D eigenvalue weighted by Gasteiger charge is -2.29. The first-order valence-electron chi connectivity index (χ1n) is 8.96. The Hall–Kier alpha value is -2.71. The van der Waals surface area contributed by atoms with Crippen LogP contribution in [0.5, 0.6) is 0 Å². The van der Waals surface area contributed by atoms with Crippen LogP contribution in [0.2, 0.25) is 0 Å². The van der Waals surface area contributed by atoms with Gasteiger partial charge >= 0.3 is 5.69 Å². The van der Waals surface area contributed by atoms with Crippen molar-refractivity contribution in [2.24, 2.45) is 14.1 Å². The van der Waals surface area contributed by atoms with Crippen molar-refractivity contribution in [2.75, 3.05) is 19.7 Å². The molecule has 0 fully saturated rings. The molecule has 2 aromatic heterocycles. The normalized spacial score (nSPS) is 12.8. The van der Waals surface area contributed by atoms with Gasteiger partial charge in [-0.2, -0.15) is 0 Å². The van der Waals surface area contributed by atoms with Gasteiger partial charge in [0.15, 0.2) is 11.2 Å². The first kappa shape index (κ1) is 19.1. The topological polar surface area (TPSA) is 85.3 Å². The fourth-order valence-electron chi connectivity index (χ4n) is 3.37. The second-order valence-corrected chi connectivity index (χ2v) is 6.66. The van der Waals surface area contributed by atoms with Gasteiger partial charge in [-0.05, 0) is 12.5 Å². The highest BCUT2D eigenvalue weighted by Gasteiger charge is 2.18. The Morgan fingerprint density at radius 2 is 1.81 bits per heavy atom. The molecule has 1 aromatic carbocycles. The van der Waals surface area contributed by atoms with Crippen LogP contribution in [-0.2, 0) is 20.6 Å². The van der Waals surface area contributed by atoms with Crippen molar-refractivity contribution < 1.29 is 5.11 Å². The molecule has 1 atom stereocenters. The molecule has 0 aliphatic rings. The smallest absolute Gasteiger partial charge is 0.332 e. The fourth-order valence-corrected chi connectivity index (χ4v) is 3.37. The van der Waals surface area contributed by atoms with E-state index in [-0.39, 0.29) is 18.2 Å². The molecular formula is C19H25N5O3. The van der Waals surface area contributed by atoms with Crippen LogP contribution in [0.4, 0.5) is 0 Å². The number of benzene rings is 1. The third-order valence-corrected chi connectivity index (χ3v) is 5.06. The monoisotopic (exact) mass is 371 g/mol. The molecule has 1 unspecified atom stereocenters. The number of aliphatic hydroxyl groups is 1. The highest BCUT2D eigenvalue weighted by atomic mass is 16.3. The van der Waals surface area contributed by atoms with Gasteiger partial charge in [-0.1, -0.05) is 30.3 Å². The van der Waals surface area contributed by atoms with Crippen LogP contribution in [0.15, 0.2) is 46.2 Å². The molecule has 0 saturated heterocycles. The number of aromatic nitrogens is 4. The minimum absolute atomic E-state index is 0.0537. The zero-order valence-electron chi connectivity index (χ0n) is 15.9. The van der Waals surface area contributed by atoms with Gasteiger partial charge < -0.3 is 9.67 Å². The van der Waals surface area contributed by atoms with Crippen molar-refractivity contribution in [3.8, 4) is 0 Å². The minimum atomic E-state index is -0.391. The van der Waals surface area contributed by atoms with Crippen molar-refractivity contribution in [1.29, 1.82) is 0 Å². The summed E-state index contributed by atoms with van der Waals surface area (Å²) in [5.41, 5.74) is 1.22. The van der Waals surface area contributed by atoms with Crippen molar-refractivity contribution in [3.05, 3.63) is 63.1 Å². The van der Waals surface area contributed by atoms with Crippen LogP contribution in [0.1, 0.15) is 18.5 Å². The zero-order chi connectivity index (χ0) is 19.6. The third-order valence-electron chi connectivity index (χ3n) is 5.06. The largest absolute Gasteiger partial charge is 0.395 e. The maximum Gasteiger partial charge on any atom is 0.332 e. The summed E-state index contributed by atoms with van der Waals surface area (Å²) in [4.78, 5) is 31.0. The molecule has 3 aromatic rings. The van der Waals surface area contributed by atoms with Gasteiger partial charge in [0, 0.05) is 39.8 Å². The molecule has 0 spiro atoms. The average molecular weight is 371 g/mol. The SMILES string of the molecule is CC(c1ccccc1)N(CCO)CCn1cnc2c1c(=O)n(C)c(=O)n2C. The van der Waals surface area contributed by atoms with Gasteiger partial charge in [0.05, 0.1) is 12.9 Å². The maximum atomic E-state index is 12.5. The molecule has 1 N–H and O–H groups in total. The van der Waals surface area contributed by atoms with E-state index in [9.17, 15) is 14.7 Å². The number of aryl methyl sites for hydroxylation is 1. The zero-order valence-corrected chi connectivity index (χ0v) is 15.9. The van der Waals surface area contributed by atoms with Gasteiger partial charge in [-0.15, -0.1) is 0 Å². The molecule has 0 saturated carbocycles. The lowest BCUT2D eigenvalue weighted by Crippen LogP contribution is -2.38. The van der Waals surface area contributed by atoms with Crippen LogP contribution in [0.25, 0.3) is 11.2 Å². The van der Waals surface area contributed by atoms with Gasteiger partial charge in [0.25, 0.3) is 5.56 Å². The Morgan fingerprint density at radius 3 is 2.48 bits per heavy atom. The summed E-state index contributed by atoms with van der Waals surface area (Å²) >= 11 is 0. The summed E-state index contributed by atoms with van der Waals surface area (Å²) < 4.78 is 4.25. The number of hydrogen-bond donors (Lipinski definition) is 1.